The molecule has 0 unspecified atom stereocenters. The molecule has 6 heteroatoms. The highest BCUT2D eigenvalue weighted by Gasteiger charge is 2.21. The Kier molecular flexibility index (Phi) is 6.78. The lowest BCUT2D eigenvalue weighted by Gasteiger charge is -2.23. The molecule has 1 aromatic carbocycles. The van der Waals surface area contributed by atoms with E-state index in [1.807, 2.05) is 43.0 Å². The molecule has 0 saturated carbocycles. The van der Waals surface area contributed by atoms with Gasteiger partial charge in [-0.15, -0.1) is 11.3 Å². The van der Waals surface area contributed by atoms with E-state index in [-0.39, 0.29) is 5.91 Å². The molecule has 130 valence electrons. The van der Waals surface area contributed by atoms with Crippen molar-refractivity contribution in [3.8, 4) is 10.6 Å². The number of halogens is 1. The number of rotatable bonds is 7. The molecule has 0 spiro atoms. The number of carbonyl (C=O) groups is 1. The van der Waals surface area contributed by atoms with Crippen molar-refractivity contribution in [1.82, 2.24) is 14.8 Å². The SMILES string of the molecule is CCN(C)CCN(CC)C(=O)c1sc(-c2cccc(Cl)c2)nc1C. The number of hydrogen-bond acceptors (Lipinski definition) is 4. The quantitative estimate of drug-likeness (QED) is 0.738. The Labute approximate surface area is 153 Å². The van der Waals surface area contributed by atoms with Crippen LogP contribution in [0.3, 0.4) is 0 Å². The minimum Gasteiger partial charge on any atom is -0.337 e. The fraction of sp³-hybridized carbons (Fsp3) is 0.444. The van der Waals surface area contributed by atoms with Crippen LogP contribution in [0.25, 0.3) is 10.6 Å². The van der Waals surface area contributed by atoms with Crippen molar-refractivity contribution in [3.05, 3.63) is 39.9 Å². The average Bonchev–Trinajstić information content (AvgIpc) is 2.96. The van der Waals surface area contributed by atoms with E-state index in [0.29, 0.717) is 16.4 Å². The second kappa shape index (κ2) is 8.60. The number of aryl methyl sites for hydroxylation is 1. The molecule has 2 aromatic rings. The number of benzene rings is 1. The van der Waals surface area contributed by atoms with Gasteiger partial charge in [-0.2, -0.15) is 0 Å². The fourth-order valence-electron chi connectivity index (χ4n) is 2.34. The Hall–Kier alpha value is -1.43. The van der Waals surface area contributed by atoms with E-state index in [4.69, 9.17) is 11.6 Å². The van der Waals surface area contributed by atoms with Crippen molar-refractivity contribution in [2.75, 3.05) is 33.2 Å². The van der Waals surface area contributed by atoms with Crippen LogP contribution in [-0.2, 0) is 0 Å². The van der Waals surface area contributed by atoms with Crippen molar-refractivity contribution in [2.45, 2.75) is 20.8 Å². The molecule has 1 amide bonds. The second-order valence-electron chi connectivity index (χ2n) is 5.72. The first-order valence-corrected chi connectivity index (χ1v) is 9.36. The van der Waals surface area contributed by atoms with Gasteiger partial charge >= 0.3 is 0 Å². The number of hydrogen-bond donors (Lipinski definition) is 0. The van der Waals surface area contributed by atoms with Crippen LogP contribution in [-0.4, -0.2) is 53.9 Å². The van der Waals surface area contributed by atoms with Crippen LogP contribution in [0.2, 0.25) is 5.02 Å². The molecule has 0 aliphatic rings. The lowest BCUT2D eigenvalue weighted by molar-refractivity contribution is 0.0755. The largest absolute Gasteiger partial charge is 0.337 e. The van der Waals surface area contributed by atoms with Crippen LogP contribution in [0.4, 0.5) is 0 Å². The fourth-order valence-corrected chi connectivity index (χ4v) is 3.56. The Morgan fingerprint density at radius 3 is 2.62 bits per heavy atom. The van der Waals surface area contributed by atoms with Crippen molar-refractivity contribution >= 4 is 28.8 Å². The zero-order chi connectivity index (χ0) is 17.7. The maximum absolute atomic E-state index is 12.9. The summed E-state index contributed by atoms with van der Waals surface area (Å²) in [5.74, 6) is 0.0604. The molecule has 1 aromatic heterocycles. The predicted octanol–water partition coefficient (Wildman–Crippen LogP) is 4.19. The van der Waals surface area contributed by atoms with E-state index in [1.165, 1.54) is 11.3 Å². The average molecular weight is 366 g/mol. The number of nitrogens with zero attached hydrogens (tertiary/aromatic N) is 3. The van der Waals surface area contributed by atoms with Gasteiger partial charge in [-0.05, 0) is 39.6 Å². The molecule has 0 fully saturated rings. The zero-order valence-electron chi connectivity index (χ0n) is 14.7. The molecular formula is C18H24ClN3OS. The summed E-state index contributed by atoms with van der Waals surface area (Å²) in [7, 11) is 2.06. The number of amides is 1. The number of likely N-dealkylation sites (N-methyl/N-ethyl adjacent to an activating group) is 2. The van der Waals surface area contributed by atoms with E-state index in [9.17, 15) is 4.79 Å². The summed E-state index contributed by atoms with van der Waals surface area (Å²) in [6.07, 6.45) is 0. The normalized spacial score (nSPS) is 11.1. The highest BCUT2D eigenvalue weighted by Crippen LogP contribution is 2.30. The second-order valence-corrected chi connectivity index (χ2v) is 7.16. The van der Waals surface area contributed by atoms with Gasteiger partial charge in [-0.3, -0.25) is 4.79 Å². The lowest BCUT2D eigenvalue weighted by atomic mass is 10.2. The van der Waals surface area contributed by atoms with Gasteiger partial charge in [-0.1, -0.05) is 30.7 Å². The molecule has 2 rings (SSSR count). The molecule has 0 atom stereocenters. The molecule has 0 radical (unpaired) electrons. The van der Waals surface area contributed by atoms with Crippen LogP contribution >= 0.6 is 22.9 Å². The number of aromatic nitrogens is 1. The Bertz CT molecular complexity index is 701. The lowest BCUT2D eigenvalue weighted by Crippen LogP contribution is -2.37. The summed E-state index contributed by atoms with van der Waals surface area (Å²) in [4.78, 5) is 22.2. The van der Waals surface area contributed by atoms with Crippen molar-refractivity contribution in [2.24, 2.45) is 0 Å². The molecule has 0 N–H and O–H groups in total. The third-order valence-electron chi connectivity index (χ3n) is 4.02. The Morgan fingerprint density at radius 1 is 1.25 bits per heavy atom. The highest BCUT2D eigenvalue weighted by molar-refractivity contribution is 7.17. The summed E-state index contributed by atoms with van der Waals surface area (Å²) in [6.45, 7) is 9.29. The molecule has 24 heavy (non-hydrogen) atoms. The Morgan fingerprint density at radius 2 is 2.00 bits per heavy atom. The van der Waals surface area contributed by atoms with Gasteiger partial charge in [0.05, 0.1) is 5.69 Å². The predicted molar refractivity (Wildman–Crippen MR) is 102 cm³/mol. The maximum atomic E-state index is 12.9. The Balaban J connectivity index is 2.20. The van der Waals surface area contributed by atoms with E-state index >= 15 is 0 Å². The van der Waals surface area contributed by atoms with Gasteiger partial charge in [-0.25, -0.2) is 4.98 Å². The summed E-state index contributed by atoms with van der Waals surface area (Å²) in [5, 5.41) is 1.51. The van der Waals surface area contributed by atoms with E-state index in [0.717, 1.165) is 35.9 Å². The van der Waals surface area contributed by atoms with Gasteiger partial charge in [0.25, 0.3) is 5.91 Å². The molecular weight excluding hydrogens is 342 g/mol. The summed E-state index contributed by atoms with van der Waals surface area (Å²) < 4.78 is 0. The van der Waals surface area contributed by atoms with Gasteiger partial charge in [0.15, 0.2) is 0 Å². The van der Waals surface area contributed by atoms with Crippen LogP contribution in [0.1, 0.15) is 29.2 Å². The van der Waals surface area contributed by atoms with Crippen LogP contribution in [0.5, 0.6) is 0 Å². The first-order valence-electron chi connectivity index (χ1n) is 8.17. The van der Waals surface area contributed by atoms with Crippen molar-refractivity contribution in [1.29, 1.82) is 0 Å². The van der Waals surface area contributed by atoms with Gasteiger partial charge in [0.2, 0.25) is 0 Å². The smallest absolute Gasteiger partial charge is 0.265 e. The minimum absolute atomic E-state index is 0.0604. The molecule has 4 nitrogen and oxygen atoms in total. The molecule has 0 aliphatic carbocycles. The monoisotopic (exact) mass is 365 g/mol. The minimum atomic E-state index is 0.0604. The topological polar surface area (TPSA) is 36.4 Å². The third kappa shape index (κ3) is 4.56. The van der Waals surface area contributed by atoms with Crippen LogP contribution in [0.15, 0.2) is 24.3 Å². The van der Waals surface area contributed by atoms with E-state index in [1.54, 1.807) is 0 Å². The first kappa shape index (κ1) is 18.9. The maximum Gasteiger partial charge on any atom is 0.265 e. The van der Waals surface area contributed by atoms with E-state index in [2.05, 4.69) is 23.9 Å². The third-order valence-corrected chi connectivity index (χ3v) is 5.45. The van der Waals surface area contributed by atoms with Crippen molar-refractivity contribution in [3.63, 3.8) is 0 Å². The first-order chi connectivity index (χ1) is 11.5. The molecule has 0 bridgehead atoms. The zero-order valence-corrected chi connectivity index (χ0v) is 16.2. The molecule has 1 heterocycles. The van der Waals surface area contributed by atoms with Gasteiger partial charge < -0.3 is 9.80 Å². The van der Waals surface area contributed by atoms with Crippen LogP contribution in [0, 0.1) is 6.92 Å². The van der Waals surface area contributed by atoms with E-state index < -0.39 is 0 Å². The highest BCUT2D eigenvalue weighted by atomic mass is 35.5. The molecule has 0 saturated heterocycles. The number of thiazole rings is 1. The number of carbonyl (C=O) groups excluding carboxylic acids is 1. The summed E-state index contributed by atoms with van der Waals surface area (Å²) in [5.41, 5.74) is 1.73. The van der Waals surface area contributed by atoms with Crippen LogP contribution < -0.4 is 0 Å². The summed E-state index contributed by atoms with van der Waals surface area (Å²) >= 11 is 7.50. The van der Waals surface area contributed by atoms with Gasteiger partial charge in [0.1, 0.15) is 9.88 Å². The van der Waals surface area contributed by atoms with Gasteiger partial charge in [0, 0.05) is 30.2 Å². The van der Waals surface area contributed by atoms with Crippen molar-refractivity contribution < 1.29 is 4.79 Å². The summed E-state index contributed by atoms with van der Waals surface area (Å²) in [6, 6.07) is 7.57. The molecule has 0 aliphatic heterocycles. The standard InChI is InChI=1S/C18H24ClN3OS/c1-5-21(4)10-11-22(6-2)18(23)16-13(3)20-17(24-16)14-8-7-9-15(19)12-14/h7-9,12H,5-6,10-11H2,1-4H3.